The van der Waals surface area contributed by atoms with Crippen LogP contribution in [0.4, 0.5) is 4.39 Å². The van der Waals surface area contributed by atoms with Crippen molar-refractivity contribution in [2.24, 2.45) is 0 Å². The zero-order valence-electron chi connectivity index (χ0n) is 14.4. The van der Waals surface area contributed by atoms with Gasteiger partial charge in [-0.2, -0.15) is 0 Å². The number of carbonyl (C=O) groups excluding carboxylic acids is 1. The highest BCUT2D eigenvalue weighted by molar-refractivity contribution is 6.20. The minimum atomic E-state index is -0.489. The second-order valence-corrected chi connectivity index (χ2v) is 5.70. The van der Waals surface area contributed by atoms with Gasteiger partial charge in [0.25, 0.3) is 0 Å². The zero-order valence-corrected chi connectivity index (χ0v) is 14.4. The summed E-state index contributed by atoms with van der Waals surface area (Å²) < 4.78 is 20.6. The first-order valence-electron chi connectivity index (χ1n) is 8.37. The summed E-state index contributed by atoms with van der Waals surface area (Å²) in [6, 6.07) is 15.9. The van der Waals surface area contributed by atoms with Crippen molar-refractivity contribution in [1.82, 2.24) is 9.55 Å². The van der Waals surface area contributed by atoms with Gasteiger partial charge in [0.2, 0.25) is 0 Å². The van der Waals surface area contributed by atoms with Crippen molar-refractivity contribution in [1.29, 1.82) is 0 Å². The van der Waals surface area contributed by atoms with Crippen molar-refractivity contribution in [3.8, 4) is 0 Å². The second kappa shape index (κ2) is 8.25. The second-order valence-electron chi connectivity index (χ2n) is 5.70. The van der Waals surface area contributed by atoms with E-state index in [-0.39, 0.29) is 12.4 Å². The summed E-state index contributed by atoms with van der Waals surface area (Å²) in [6.07, 6.45) is 5.04. The summed E-state index contributed by atoms with van der Waals surface area (Å²) in [5.74, 6) is -0.372. The standard InChI is InChI=1S/C21H19FN2O2/c1-2-26-21(25)19(14-17-9-6-10-18(22)13-17)20-23-11-12-24(20)15-16-7-4-3-5-8-16/h3-14H,2,15H2,1H3/b19-14+. The van der Waals surface area contributed by atoms with Gasteiger partial charge >= 0.3 is 5.97 Å². The molecule has 0 amide bonds. The Hall–Kier alpha value is -3.21. The molecule has 5 heteroatoms. The van der Waals surface area contributed by atoms with Crippen LogP contribution in [0.15, 0.2) is 67.0 Å². The van der Waals surface area contributed by atoms with Crippen LogP contribution in [-0.2, 0) is 16.1 Å². The van der Waals surface area contributed by atoms with Gasteiger partial charge in [0.1, 0.15) is 17.2 Å². The molecule has 26 heavy (non-hydrogen) atoms. The van der Waals surface area contributed by atoms with E-state index in [1.165, 1.54) is 12.1 Å². The van der Waals surface area contributed by atoms with Gasteiger partial charge in [-0.25, -0.2) is 14.2 Å². The highest BCUT2D eigenvalue weighted by atomic mass is 19.1. The molecule has 1 aromatic heterocycles. The third-order valence-electron chi connectivity index (χ3n) is 3.81. The summed E-state index contributed by atoms with van der Waals surface area (Å²) in [5, 5.41) is 0. The maximum atomic E-state index is 13.5. The SMILES string of the molecule is CCOC(=O)/C(=C/c1cccc(F)c1)c1nccn1Cc1ccccc1. The van der Waals surface area contributed by atoms with Gasteiger partial charge < -0.3 is 9.30 Å². The number of benzene rings is 2. The van der Waals surface area contributed by atoms with Crippen LogP contribution < -0.4 is 0 Å². The maximum absolute atomic E-state index is 13.5. The number of hydrogen-bond donors (Lipinski definition) is 0. The lowest BCUT2D eigenvalue weighted by molar-refractivity contribution is -0.136. The quantitative estimate of drug-likeness (QED) is 0.495. The van der Waals surface area contributed by atoms with Crippen LogP contribution in [0.25, 0.3) is 11.6 Å². The van der Waals surface area contributed by atoms with E-state index in [0.717, 1.165) is 5.56 Å². The number of rotatable bonds is 6. The molecule has 0 fully saturated rings. The van der Waals surface area contributed by atoms with Crippen molar-refractivity contribution < 1.29 is 13.9 Å². The highest BCUT2D eigenvalue weighted by Crippen LogP contribution is 2.20. The number of halogens is 1. The molecule has 0 aliphatic heterocycles. The molecular weight excluding hydrogens is 331 g/mol. The maximum Gasteiger partial charge on any atom is 0.341 e. The van der Waals surface area contributed by atoms with Gasteiger partial charge in [0.05, 0.1) is 6.61 Å². The van der Waals surface area contributed by atoms with Crippen LogP contribution in [0.3, 0.4) is 0 Å². The van der Waals surface area contributed by atoms with Gasteiger partial charge in [-0.1, -0.05) is 42.5 Å². The van der Waals surface area contributed by atoms with Gasteiger partial charge in [0, 0.05) is 18.9 Å². The molecule has 0 radical (unpaired) electrons. The molecule has 1 heterocycles. The summed E-state index contributed by atoms with van der Waals surface area (Å²) in [5.41, 5.74) is 1.95. The molecule has 0 unspecified atom stereocenters. The van der Waals surface area contributed by atoms with Gasteiger partial charge in [-0.05, 0) is 36.3 Å². The van der Waals surface area contributed by atoms with Gasteiger partial charge in [-0.3, -0.25) is 0 Å². The van der Waals surface area contributed by atoms with Crippen molar-refractivity contribution in [3.63, 3.8) is 0 Å². The summed E-state index contributed by atoms with van der Waals surface area (Å²) in [7, 11) is 0. The number of aromatic nitrogens is 2. The average Bonchev–Trinajstić information content (AvgIpc) is 3.08. The Labute approximate surface area is 151 Å². The summed E-state index contributed by atoms with van der Waals surface area (Å²) >= 11 is 0. The lowest BCUT2D eigenvalue weighted by Crippen LogP contribution is -2.12. The Bertz CT molecular complexity index is 917. The first kappa shape index (κ1) is 17.6. The van der Waals surface area contributed by atoms with Crippen molar-refractivity contribution in [2.45, 2.75) is 13.5 Å². The molecule has 2 aromatic carbocycles. The zero-order chi connectivity index (χ0) is 18.4. The number of esters is 1. The minimum Gasteiger partial charge on any atom is -0.462 e. The average molecular weight is 350 g/mol. The first-order chi connectivity index (χ1) is 12.7. The lowest BCUT2D eigenvalue weighted by Gasteiger charge is -2.11. The molecule has 4 nitrogen and oxygen atoms in total. The minimum absolute atomic E-state index is 0.249. The molecule has 0 aliphatic rings. The summed E-state index contributed by atoms with van der Waals surface area (Å²) in [4.78, 5) is 16.8. The lowest BCUT2D eigenvalue weighted by atomic mass is 10.1. The van der Waals surface area contributed by atoms with Crippen LogP contribution in [0, 0.1) is 5.82 Å². The van der Waals surface area contributed by atoms with E-state index in [0.29, 0.717) is 23.5 Å². The van der Waals surface area contributed by atoms with E-state index >= 15 is 0 Å². The van der Waals surface area contributed by atoms with E-state index in [2.05, 4.69) is 4.98 Å². The van der Waals surface area contributed by atoms with E-state index in [9.17, 15) is 9.18 Å². The fourth-order valence-electron chi connectivity index (χ4n) is 2.65. The highest BCUT2D eigenvalue weighted by Gasteiger charge is 2.19. The molecule has 0 saturated heterocycles. The first-order valence-corrected chi connectivity index (χ1v) is 8.37. The van der Waals surface area contributed by atoms with Crippen LogP contribution in [0.5, 0.6) is 0 Å². The van der Waals surface area contributed by atoms with Crippen LogP contribution in [0.1, 0.15) is 23.9 Å². The monoisotopic (exact) mass is 350 g/mol. The fourth-order valence-corrected chi connectivity index (χ4v) is 2.65. The number of ether oxygens (including phenoxy) is 1. The molecule has 0 aliphatic carbocycles. The molecule has 3 rings (SSSR count). The Kier molecular flexibility index (Phi) is 5.59. The Balaban J connectivity index is 2.00. The van der Waals surface area contributed by atoms with Crippen molar-refractivity contribution >= 4 is 17.6 Å². The molecule has 0 bridgehead atoms. The Morgan fingerprint density at radius 1 is 1.19 bits per heavy atom. The third kappa shape index (κ3) is 4.25. The number of carbonyl (C=O) groups is 1. The van der Waals surface area contributed by atoms with Gasteiger partial charge in [0.15, 0.2) is 0 Å². The van der Waals surface area contributed by atoms with Crippen molar-refractivity contribution in [3.05, 3.63) is 89.8 Å². The predicted molar refractivity (Wildman–Crippen MR) is 98.7 cm³/mol. The van der Waals surface area contributed by atoms with Crippen LogP contribution in [-0.4, -0.2) is 22.1 Å². The fraction of sp³-hybridized carbons (Fsp3) is 0.143. The largest absolute Gasteiger partial charge is 0.462 e. The van der Waals surface area contributed by atoms with E-state index in [1.54, 1.807) is 37.5 Å². The molecule has 0 N–H and O–H groups in total. The molecule has 3 aromatic rings. The van der Waals surface area contributed by atoms with E-state index in [4.69, 9.17) is 4.74 Å². The number of hydrogen-bond acceptors (Lipinski definition) is 3. The van der Waals surface area contributed by atoms with E-state index < -0.39 is 5.97 Å². The molecule has 0 saturated carbocycles. The smallest absolute Gasteiger partial charge is 0.341 e. The van der Waals surface area contributed by atoms with Crippen molar-refractivity contribution in [2.75, 3.05) is 6.61 Å². The topological polar surface area (TPSA) is 44.1 Å². The molecular formula is C21H19FN2O2. The van der Waals surface area contributed by atoms with E-state index in [1.807, 2.05) is 34.9 Å². The third-order valence-corrected chi connectivity index (χ3v) is 3.81. The molecule has 0 spiro atoms. The van der Waals surface area contributed by atoms with Gasteiger partial charge in [-0.15, -0.1) is 0 Å². The number of imidazole rings is 1. The summed E-state index contributed by atoms with van der Waals surface area (Å²) in [6.45, 7) is 2.56. The molecule has 0 atom stereocenters. The predicted octanol–water partition coefficient (Wildman–Crippen LogP) is 4.17. The van der Waals surface area contributed by atoms with Crippen LogP contribution in [0.2, 0.25) is 0 Å². The van der Waals surface area contributed by atoms with Crippen LogP contribution >= 0.6 is 0 Å². The Morgan fingerprint density at radius 3 is 2.73 bits per heavy atom. The number of nitrogens with zero attached hydrogens (tertiary/aromatic N) is 2. The Morgan fingerprint density at radius 2 is 2.00 bits per heavy atom. The molecule has 132 valence electrons. The normalized spacial score (nSPS) is 11.4.